The van der Waals surface area contributed by atoms with Crippen LogP contribution in [0.2, 0.25) is 13.1 Å². The van der Waals surface area contributed by atoms with Crippen molar-refractivity contribution in [2.45, 2.75) is 149 Å². The van der Waals surface area contributed by atoms with Gasteiger partial charge in [-0.15, -0.1) is 0 Å². The molecule has 5 aliphatic rings. The molecule has 0 saturated carbocycles. The van der Waals surface area contributed by atoms with E-state index in [1.807, 2.05) is 0 Å². The molecule has 0 atom stereocenters. The zero-order valence-electron chi connectivity index (χ0n) is 42.0. The van der Waals surface area contributed by atoms with Gasteiger partial charge >= 0.3 is 0 Å². The van der Waals surface area contributed by atoms with Crippen LogP contribution in [0.25, 0.3) is 22.1 Å². The van der Waals surface area contributed by atoms with Crippen LogP contribution < -0.4 is 36.8 Å². The van der Waals surface area contributed by atoms with Gasteiger partial charge in [0.05, 0.1) is 11.3 Å². The Kier molecular flexibility index (Phi) is 8.45. The molecule has 0 fully saturated rings. The van der Waals surface area contributed by atoms with Gasteiger partial charge in [0.25, 0.3) is 6.71 Å². The fourth-order valence-electron chi connectivity index (χ4n) is 13.4. The Morgan fingerprint density at radius 1 is 0.576 bits per heavy atom. The summed E-state index contributed by atoms with van der Waals surface area (Å²) in [7, 11) is -2.18. The third-order valence-electron chi connectivity index (χ3n) is 17.5. The highest BCUT2D eigenvalue weighted by atomic mass is 28.3. The van der Waals surface area contributed by atoms with Crippen molar-refractivity contribution < 1.29 is 4.42 Å². The summed E-state index contributed by atoms with van der Waals surface area (Å²) in [6.45, 7) is 34.0. The molecule has 5 heteroatoms. The van der Waals surface area contributed by atoms with Crippen LogP contribution in [0.15, 0.2) is 108 Å². The lowest BCUT2D eigenvalue weighted by molar-refractivity contribution is 0.332. The van der Waals surface area contributed by atoms with Crippen molar-refractivity contribution in [1.82, 2.24) is 0 Å². The molecule has 0 N–H and O–H groups in total. The third-order valence-corrected chi connectivity index (χ3v) is 21.1. The van der Waals surface area contributed by atoms with E-state index in [-0.39, 0.29) is 33.8 Å². The van der Waals surface area contributed by atoms with Gasteiger partial charge in [0.1, 0.15) is 13.7 Å². The summed E-state index contributed by atoms with van der Waals surface area (Å²) < 4.78 is 7.72. The van der Waals surface area contributed by atoms with Crippen LogP contribution >= 0.6 is 0 Å². The average molecular weight is 883 g/mol. The number of hydrogen-bond acceptors (Lipinski definition) is 3. The third kappa shape index (κ3) is 5.68. The minimum atomic E-state index is -2.18. The lowest BCUT2D eigenvalue weighted by Crippen LogP contribution is -2.62. The van der Waals surface area contributed by atoms with E-state index < -0.39 is 8.07 Å². The van der Waals surface area contributed by atoms with Gasteiger partial charge in [0, 0.05) is 33.8 Å². The van der Waals surface area contributed by atoms with Gasteiger partial charge in [0.15, 0.2) is 0 Å². The van der Waals surface area contributed by atoms with Gasteiger partial charge in [-0.25, -0.2) is 0 Å². The van der Waals surface area contributed by atoms with E-state index in [4.69, 9.17) is 4.42 Å². The van der Waals surface area contributed by atoms with E-state index in [1.54, 1.807) is 0 Å². The van der Waals surface area contributed by atoms with Crippen molar-refractivity contribution in [2.24, 2.45) is 0 Å². The number of fused-ring (bicyclic) bond motifs is 11. The Balaban J connectivity index is 1.23. The average Bonchev–Trinajstić information content (AvgIpc) is 3.74. The van der Waals surface area contributed by atoms with E-state index in [2.05, 4.69) is 209 Å². The molecule has 0 saturated heterocycles. The first-order chi connectivity index (χ1) is 31.0. The Morgan fingerprint density at radius 3 is 1.77 bits per heavy atom. The fourth-order valence-corrected chi connectivity index (χ4v) is 16.8. The Labute approximate surface area is 395 Å². The number of furan rings is 1. The van der Waals surface area contributed by atoms with Crippen LogP contribution in [0.5, 0.6) is 0 Å². The summed E-state index contributed by atoms with van der Waals surface area (Å²) in [6, 6.07) is 41.1. The quantitative estimate of drug-likeness (QED) is 0.161. The molecule has 0 unspecified atom stereocenters. The fraction of sp³-hybridized carbons (Fsp3) is 0.377. The van der Waals surface area contributed by atoms with Crippen LogP contribution in [0.1, 0.15) is 135 Å². The zero-order chi connectivity index (χ0) is 46.4. The molecular weight excluding hydrogens is 816 g/mol. The summed E-state index contributed by atoms with van der Waals surface area (Å²) in [5, 5.41) is 4.28. The lowest BCUT2D eigenvalue weighted by atomic mass is 9.35. The summed E-state index contributed by atoms with van der Waals surface area (Å²) in [4.78, 5) is 5.33. The highest BCUT2D eigenvalue weighted by molar-refractivity contribution is 7.05. The van der Waals surface area contributed by atoms with E-state index >= 15 is 0 Å². The molecule has 0 radical (unpaired) electrons. The number of hydrogen-bond donors (Lipinski definition) is 0. The monoisotopic (exact) mass is 883 g/mol. The highest BCUT2D eigenvalue weighted by Gasteiger charge is 2.51. The van der Waals surface area contributed by atoms with Gasteiger partial charge in [0.2, 0.25) is 0 Å². The molecule has 0 spiro atoms. The van der Waals surface area contributed by atoms with Crippen molar-refractivity contribution in [3.63, 3.8) is 0 Å². The van der Waals surface area contributed by atoms with E-state index in [0.717, 1.165) is 30.5 Å². The summed E-state index contributed by atoms with van der Waals surface area (Å²) in [6.07, 6.45) is 4.66. The first kappa shape index (κ1) is 42.1. The number of benzene rings is 6. The van der Waals surface area contributed by atoms with Crippen LogP contribution in [0, 0.1) is 6.92 Å². The second-order valence-electron chi connectivity index (χ2n) is 25.2. The minimum Gasteiger partial charge on any atom is -0.468 e. The first-order valence-corrected chi connectivity index (χ1v) is 27.9. The summed E-state index contributed by atoms with van der Waals surface area (Å²) >= 11 is 0. The maximum Gasteiger partial charge on any atom is 0.297 e. The standard InChI is InChI=1S/C61H67BN2OSi/c1-36-30-49-53-50(31-36)64(47-20-17-19-40-39-18-15-16-21-52(39)66(13,14)55(40)47)54-41-32-42-45(61(11,12)29-26-58(42,5)6)35-51(41)65-56(54)62(53)46-33-43-44(60(9,10)28-27-59(43,7)8)34-48(46)63(49)38-24-22-37(23-25-38)57(2,3)4/h15-25,30-35H,26-29H2,1-14H3. The molecule has 7 aromatic rings. The predicted octanol–water partition coefficient (Wildman–Crippen LogP) is 13.6. The molecule has 4 heterocycles. The molecule has 0 amide bonds. The lowest BCUT2D eigenvalue weighted by Gasteiger charge is -2.47. The number of nitrogens with zero attached hydrogens (tertiary/aromatic N) is 2. The highest BCUT2D eigenvalue weighted by Crippen LogP contribution is 2.54. The normalized spacial score (nSPS) is 19.6. The van der Waals surface area contributed by atoms with Crippen LogP contribution in [0.3, 0.4) is 0 Å². The van der Waals surface area contributed by atoms with E-state index in [1.165, 1.54) is 112 Å². The van der Waals surface area contributed by atoms with Gasteiger partial charge in [-0.1, -0.05) is 144 Å². The van der Waals surface area contributed by atoms with Crippen molar-refractivity contribution in [3.05, 3.63) is 137 Å². The van der Waals surface area contributed by atoms with Crippen LogP contribution in [-0.4, -0.2) is 14.8 Å². The van der Waals surface area contributed by atoms with Crippen LogP contribution in [0.4, 0.5) is 34.1 Å². The van der Waals surface area contributed by atoms with Crippen molar-refractivity contribution in [2.75, 3.05) is 9.80 Å². The van der Waals surface area contributed by atoms with Crippen LogP contribution in [-0.2, 0) is 27.1 Å². The maximum atomic E-state index is 7.72. The molecule has 1 aromatic heterocycles. The van der Waals surface area contributed by atoms with Gasteiger partial charge in [-0.05, 0) is 174 Å². The number of aryl methyl sites for hydroxylation is 1. The Morgan fingerprint density at radius 2 is 1.14 bits per heavy atom. The van der Waals surface area contributed by atoms with Crippen molar-refractivity contribution >= 4 is 86.8 Å². The molecule has 3 aliphatic heterocycles. The molecule has 334 valence electrons. The second-order valence-corrected chi connectivity index (χ2v) is 29.5. The Bertz CT molecular complexity index is 3250. The minimum absolute atomic E-state index is 0.0406. The summed E-state index contributed by atoms with van der Waals surface area (Å²) in [5.74, 6) is 0. The van der Waals surface area contributed by atoms with Gasteiger partial charge in [-0.2, -0.15) is 0 Å². The second kappa shape index (κ2) is 13.2. The zero-order valence-corrected chi connectivity index (χ0v) is 43.0. The Hall–Kier alpha value is -5.26. The van der Waals surface area contributed by atoms with Gasteiger partial charge < -0.3 is 14.2 Å². The predicted molar refractivity (Wildman–Crippen MR) is 286 cm³/mol. The molecule has 0 bridgehead atoms. The largest absolute Gasteiger partial charge is 0.468 e. The topological polar surface area (TPSA) is 19.6 Å². The molecule has 3 nitrogen and oxygen atoms in total. The number of rotatable bonds is 2. The maximum absolute atomic E-state index is 7.72. The molecule has 66 heavy (non-hydrogen) atoms. The molecule has 12 rings (SSSR count). The smallest absolute Gasteiger partial charge is 0.297 e. The molecular formula is C61H67BN2OSi. The van der Waals surface area contributed by atoms with Gasteiger partial charge in [-0.3, -0.25) is 0 Å². The molecule has 6 aromatic carbocycles. The SMILES string of the molecule is Cc1cc2c3c(c1)N(c1cccc4c1[Si](C)(C)c1ccccc1-4)c1c(oc4cc5c(cc14)C(C)(C)CCC5(C)C)B3c1cc3c(cc1N2c1ccc(C(C)(C)C)cc1)C(C)(C)CCC3(C)C. The van der Waals surface area contributed by atoms with Crippen molar-refractivity contribution in [3.8, 4) is 11.1 Å². The van der Waals surface area contributed by atoms with E-state index in [0.29, 0.717) is 0 Å². The number of anilines is 6. The van der Waals surface area contributed by atoms with E-state index in [9.17, 15) is 0 Å². The summed E-state index contributed by atoms with van der Waals surface area (Å²) in [5.41, 5.74) is 23.8. The van der Waals surface area contributed by atoms with Crippen molar-refractivity contribution in [1.29, 1.82) is 0 Å². The molecule has 2 aliphatic carbocycles. The first-order valence-electron chi connectivity index (χ1n) is 24.9.